The fraction of sp³-hybridized carbons (Fsp3) is 0.241. The second-order valence-corrected chi connectivity index (χ2v) is 8.79. The highest BCUT2D eigenvalue weighted by molar-refractivity contribution is 6.13. The molecule has 160 valence electrons. The Morgan fingerprint density at radius 1 is 0.844 bits per heavy atom. The summed E-state index contributed by atoms with van der Waals surface area (Å²) in [4.78, 5) is 2.52. The Balaban J connectivity index is 1.51. The average Bonchev–Trinajstić information content (AvgIpc) is 2.86. The molecule has 4 aromatic carbocycles. The molecule has 0 saturated carbocycles. The third kappa shape index (κ3) is 2.88. The van der Waals surface area contributed by atoms with Crippen molar-refractivity contribution < 1.29 is 9.47 Å². The number of rotatable bonds is 3. The molecule has 1 unspecified atom stereocenters. The number of methoxy groups -OCH3 is 2. The summed E-state index contributed by atoms with van der Waals surface area (Å²) in [6, 6.07) is 22.3. The van der Waals surface area contributed by atoms with Crippen LogP contribution in [0.25, 0.3) is 27.6 Å². The molecule has 0 saturated heterocycles. The standard InChI is InChI=1S/C29H27NO2/c1-31-27-12-6-10-24-22-13-14-23-21(25(22)17-28(32-2)29(24)27)9-5-11-26(23)30-16-15-19-7-3-4-8-20(19)18-30/h3-4,6-8,10,12-17,26H,5,9,11,18H2,1-2H3. The predicted molar refractivity (Wildman–Crippen MR) is 131 cm³/mol. The number of benzene rings is 4. The fourth-order valence-electron chi connectivity index (χ4n) is 5.67. The van der Waals surface area contributed by atoms with Crippen molar-refractivity contribution in [1.82, 2.24) is 4.90 Å². The molecule has 0 amide bonds. The van der Waals surface area contributed by atoms with Gasteiger partial charge >= 0.3 is 0 Å². The zero-order chi connectivity index (χ0) is 21.7. The van der Waals surface area contributed by atoms with Crippen LogP contribution in [-0.4, -0.2) is 19.1 Å². The van der Waals surface area contributed by atoms with Gasteiger partial charge in [0.15, 0.2) is 0 Å². The summed E-state index contributed by atoms with van der Waals surface area (Å²) in [7, 11) is 3.47. The SMILES string of the molecule is COc1cccc2c1c(OC)cc1c3c(ccc12)C(N1C=Cc2ccccc2C1)CCC3. The lowest BCUT2D eigenvalue weighted by Crippen LogP contribution is -2.28. The van der Waals surface area contributed by atoms with Gasteiger partial charge in [0.2, 0.25) is 0 Å². The van der Waals surface area contributed by atoms with Gasteiger partial charge in [0.1, 0.15) is 11.5 Å². The summed E-state index contributed by atoms with van der Waals surface area (Å²) in [5, 5.41) is 4.83. The topological polar surface area (TPSA) is 21.7 Å². The van der Waals surface area contributed by atoms with Crippen LogP contribution in [0.15, 0.2) is 66.9 Å². The molecule has 0 bridgehead atoms. The van der Waals surface area contributed by atoms with Crippen molar-refractivity contribution >= 4 is 27.6 Å². The molecule has 1 heterocycles. The first-order valence-corrected chi connectivity index (χ1v) is 11.4. The van der Waals surface area contributed by atoms with E-state index in [1.165, 1.54) is 51.3 Å². The minimum atomic E-state index is 0.403. The molecule has 1 aliphatic heterocycles. The predicted octanol–water partition coefficient (Wildman–Crippen LogP) is 6.87. The Morgan fingerprint density at radius 3 is 2.59 bits per heavy atom. The van der Waals surface area contributed by atoms with Crippen LogP contribution in [-0.2, 0) is 13.0 Å². The van der Waals surface area contributed by atoms with Gasteiger partial charge in [0.25, 0.3) is 0 Å². The van der Waals surface area contributed by atoms with Crippen LogP contribution < -0.4 is 9.47 Å². The lowest BCUT2D eigenvalue weighted by molar-refractivity contribution is 0.244. The number of nitrogens with zero attached hydrogens (tertiary/aromatic N) is 1. The van der Waals surface area contributed by atoms with E-state index in [0.29, 0.717) is 6.04 Å². The largest absolute Gasteiger partial charge is 0.496 e. The lowest BCUT2D eigenvalue weighted by Gasteiger charge is -2.37. The third-order valence-corrected chi connectivity index (χ3v) is 7.19. The highest BCUT2D eigenvalue weighted by atomic mass is 16.5. The molecular weight excluding hydrogens is 394 g/mol. The van der Waals surface area contributed by atoms with Gasteiger partial charge in [-0.15, -0.1) is 0 Å². The van der Waals surface area contributed by atoms with E-state index >= 15 is 0 Å². The Bertz CT molecular complexity index is 1370. The van der Waals surface area contributed by atoms with Gasteiger partial charge < -0.3 is 14.4 Å². The quantitative estimate of drug-likeness (QED) is 0.337. The smallest absolute Gasteiger partial charge is 0.131 e. The third-order valence-electron chi connectivity index (χ3n) is 7.19. The summed E-state index contributed by atoms with van der Waals surface area (Å²) >= 11 is 0. The average molecular weight is 422 g/mol. The Labute approximate surface area is 188 Å². The normalized spacial score (nSPS) is 17.3. The summed E-state index contributed by atoms with van der Waals surface area (Å²) in [5.41, 5.74) is 5.66. The number of hydrogen-bond donors (Lipinski definition) is 0. The zero-order valence-corrected chi connectivity index (χ0v) is 18.6. The number of ether oxygens (including phenoxy) is 2. The first-order chi connectivity index (χ1) is 15.8. The molecule has 2 aliphatic rings. The monoisotopic (exact) mass is 421 g/mol. The molecule has 3 nitrogen and oxygen atoms in total. The second kappa shape index (κ2) is 7.59. The molecule has 3 heteroatoms. The molecule has 6 rings (SSSR count). The van der Waals surface area contributed by atoms with Gasteiger partial charge in [0.05, 0.1) is 25.6 Å². The highest BCUT2D eigenvalue weighted by Crippen LogP contribution is 2.45. The molecule has 32 heavy (non-hydrogen) atoms. The van der Waals surface area contributed by atoms with Crippen molar-refractivity contribution in [3.63, 3.8) is 0 Å². The van der Waals surface area contributed by atoms with E-state index in [9.17, 15) is 0 Å². The summed E-state index contributed by atoms with van der Waals surface area (Å²) in [6.45, 7) is 0.965. The lowest BCUT2D eigenvalue weighted by atomic mass is 9.82. The van der Waals surface area contributed by atoms with Crippen molar-refractivity contribution in [3.8, 4) is 11.5 Å². The van der Waals surface area contributed by atoms with Gasteiger partial charge in [-0.1, -0.05) is 48.5 Å². The fourth-order valence-corrected chi connectivity index (χ4v) is 5.67. The number of aryl methyl sites for hydroxylation is 1. The van der Waals surface area contributed by atoms with Gasteiger partial charge in [-0.2, -0.15) is 0 Å². The van der Waals surface area contributed by atoms with E-state index in [-0.39, 0.29) is 0 Å². The molecule has 4 aromatic rings. The van der Waals surface area contributed by atoms with Crippen molar-refractivity contribution in [3.05, 3.63) is 89.1 Å². The van der Waals surface area contributed by atoms with Gasteiger partial charge in [-0.25, -0.2) is 0 Å². The van der Waals surface area contributed by atoms with Gasteiger partial charge in [-0.3, -0.25) is 0 Å². The Hall–Kier alpha value is -3.46. The molecule has 1 atom stereocenters. The maximum absolute atomic E-state index is 5.85. The minimum absolute atomic E-state index is 0.403. The molecule has 0 N–H and O–H groups in total. The van der Waals surface area contributed by atoms with E-state index in [0.717, 1.165) is 29.9 Å². The molecule has 0 spiro atoms. The summed E-state index contributed by atoms with van der Waals surface area (Å²) < 4.78 is 11.5. The maximum atomic E-state index is 5.85. The van der Waals surface area contributed by atoms with E-state index in [2.05, 4.69) is 71.8 Å². The van der Waals surface area contributed by atoms with Gasteiger partial charge in [0, 0.05) is 12.7 Å². The zero-order valence-electron chi connectivity index (χ0n) is 18.6. The molecule has 0 radical (unpaired) electrons. The Morgan fingerprint density at radius 2 is 1.72 bits per heavy atom. The first-order valence-electron chi connectivity index (χ1n) is 11.4. The first kappa shape index (κ1) is 19.2. The van der Waals surface area contributed by atoms with Crippen LogP contribution in [0.2, 0.25) is 0 Å². The van der Waals surface area contributed by atoms with Crippen LogP contribution >= 0.6 is 0 Å². The van der Waals surface area contributed by atoms with Crippen molar-refractivity contribution in [2.45, 2.75) is 31.8 Å². The molecular formula is C29H27NO2. The van der Waals surface area contributed by atoms with Crippen molar-refractivity contribution in [1.29, 1.82) is 0 Å². The highest BCUT2D eigenvalue weighted by Gasteiger charge is 2.28. The minimum Gasteiger partial charge on any atom is -0.496 e. The van der Waals surface area contributed by atoms with Crippen LogP contribution in [0.4, 0.5) is 0 Å². The molecule has 0 aromatic heterocycles. The van der Waals surface area contributed by atoms with E-state index < -0.39 is 0 Å². The van der Waals surface area contributed by atoms with Crippen LogP contribution in [0.3, 0.4) is 0 Å². The van der Waals surface area contributed by atoms with E-state index in [4.69, 9.17) is 9.47 Å². The second-order valence-electron chi connectivity index (χ2n) is 8.79. The maximum Gasteiger partial charge on any atom is 0.131 e. The van der Waals surface area contributed by atoms with Crippen molar-refractivity contribution in [2.24, 2.45) is 0 Å². The summed E-state index contributed by atoms with van der Waals surface area (Å²) in [6.07, 6.45) is 8.04. The summed E-state index contributed by atoms with van der Waals surface area (Å²) in [5.74, 6) is 1.74. The Kier molecular flexibility index (Phi) is 4.57. The van der Waals surface area contributed by atoms with Crippen LogP contribution in [0, 0.1) is 0 Å². The van der Waals surface area contributed by atoms with Crippen LogP contribution in [0.5, 0.6) is 11.5 Å². The number of fused-ring (bicyclic) bond motifs is 6. The van der Waals surface area contributed by atoms with Crippen molar-refractivity contribution in [2.75, 3.05) is 14.2 Å². The van der Waals surface area contributed by atoms with E-state index in [1.807, 2.05) is 6.07 Å². The molecule has 0 fully saturated rings. The van der Waals surface area contributed by atoms with Gasteiger partial charge in [-0.05, 0) is 75.9 Å². The molecule has 1 aliphatic carbocycles. The van der Waals surface area contributed by atoms with Crippen LogP contribution in [0.1, 0.15) is 41.1 Å². The van der Waals surface area contributed by atoms with E-state index in [1.54, 1.807) is 14.2 Å². The number of hydrogen-bond acceptors (Lipinski definition) is 3.